The van der Waals surface area contributed by atoms with Crippen LogP contribution in [0.25, 0.3) is 0 Å². The lowest BCUT2D eigenvalue weighted by Crippen LogP contribution is -2.28. The van der Waals surface area contributed by atoms with Gasteiger partial charge in [0.15, 0.2) is 0 Å². The molecule has 0 saturated heterocycles. The van der Waals surface area contributed by atoms with Gasteiger partial charge in [0, 0.05) is 25.5 Å². The average molecular weight is 328 g/mol. The smallest absolute Gasteiger partial charge is 0.321 e. The van der Waals surface area contributed by atoms with Gasteiger partial charge in [-0.15, -0.1) is 10.2 Å². The number of nitrogens with one attached hydrogen (secondary N) is 2. The number of imidazole rings is 1. The molecule has 2 heterocycles. The van der Waals surface area contributed by atoms with Crippen LogP contribution < -0.4 is 10.6 Å². The quantitative estimate of drug-likeness (QED) is 0.753. The molecule has 3 rings (SSSR count). The molecule has 0 fully saturated rings. The second kappa shape index (κ2) is 7.01. The van der Waals surface area contributed by atoms with Gasteiger partial charge < -0.3 is 9.88 Å². The fourth-order valence-electron chi connectivity index (χ4n) is 2.10. The van der Waals surface area contributed by atoms with Gasteiger partial charge in [-0.3, -0.25) is 5.32 Å². The number of anilines is 1. The number of carbonyl (C=O) groups is 1. The van der Waals surface area contributed by atoms with E-state index < -0.39 is 0 Å². The van der Waals surface area contributed by atoms with Crippen molar-refractivity contribution in [1.82, 2.24) is 25.1 Å². The molecule has 0 aliphatic heterocycles. The van der Waals surface area contributed by atoms with Crippen molar-refractivity contribution in [3.8, 4) is 0 Å². The molecule has 118 valence electrons. The van der Waals surface area contributed by atoms with E-state index in [0.717, 1.165) is 22.7 Å². The van der Waals surface area contributed by atoms with Crippen molar-refractivity contribution in [3.05, 3.63) is 59.1 Å². The maximum Gasteiger partial charge on any atom is 0.321 e. The molecule has 3 aromatic rings. The third-order valence-electron chi connectivity index (χ3n) is 3.12. The maximum absolute atomic E-state index is 11.8. The zero-order valence-electron chi connectivity index (χ0n) is 12.6. The van der Waals surface area contributed by atoms with E-state index in [0.29, 0.717) is 11.7 Å². The number of urea groups is 1. The van der Waals surface area contributed by atoms with Crippen LogP contribution in [0.5, 0.6) is 0 Å². The molecular weight excluding hydrogens is 312 g/mol. The zero-order chi connectivity index (χ0) is 16.1. The van der Waals surface area contributed by atoms with Crippen LogP contribution in [0.15, 0.2) is 43.0 Å². The summed E-state index contributed by atoms with van der Waals surface area (Å²) >= 11 is 1.34. The van der Waals surface area contributed by atoms with E-state index in [1.165, 1.54) is 11.3 Å². The summed E-state index contributed by atoms with van der Waals surface area (Å²) in [7, 11) is 0. The minimum Gasteiger partial charge on any atom is -0.334 e. The Bertz CT molecular complexity index is 783. The largest absolute Gasteiger partial charge is 0.334 e. The van der Waals surface area contributed by atoms with Crippen LogP contribution in [0, 0.1) is 6.92 Å². The molecule has 0 aliphatic rings. The van der Waals surface area contributed by atoms with E-state index in [9.17, 15) is 4.79 Å². The molecule has 0 bridgehead atoms. The van der Waals surface area contributed by atoms with Crippen LogP contribution in [0.2, 0.25) is 0 Å². The first-order valence-corrected chi connectivity index (χ1v) is 7.89. The summed E-state index contributed by atoms with van der Waals surface area (Å²) < 4.78 is 2.00. The Morgan fingerprint density at radius 3 is 2.91 bits per heavy atom. The maximum atomic E-state index is 11.8. The minimum absolute atomic E-state index is 0.291. The van der Waals surface area contributed by atoms with Gasteiger partial charge in [0.1, 0.15) is 5.01 Å². The van der Waals surface area contributed by atoms with Crippen molar-refractivity contribution in [1.29, 1.82) is 0 Å². The van der Waals surface area contributed by atoms with Crippen molar-refractivity contribution >= 4 is 22.5 Å². The predicted octanol–water partition coefficient (Wildman–Crippen LogP) is 2.41. The van der Waals surface area contributed by atoms with Crippen molar-refractivity contribution in [2.24, 2.45) is 0 Å². The highest BCUT2D eigenvalue weighted by Crippen LogP contribution is 2.13. The molecule has 1 aromatic carbocycles. The molecule has 0 atom stereocenters. The van der Waals surface area contributed by atoms with E-state index in [2.05, 4.69) is 31.9 Å². The normalized spacial score (nSPS) is 10.5. The number of nitrogens with zero attached hydrogens (tertiary/aromatic N) is 4. The van der Waals surface area contributed by atoms with Crippen molar-refractivity contribution in [3.63, 3.8) is 0 Å². The topological polar surface area (TPSA) is 84.7 Å². The molecule has 2 aromatic heterocycles. The Hall–Kier alpha value is -2.74. The first-order valence-electron chi connectivity index (χ1n) is 7.07. The van der Waals surface area contributed by atoms with Gasteiger partial charge in [-0.2, -0.15) is 0 Å². The molecule has 23 heavy (non-hydrogen) atoms. The molecule has 8 heteroatoms. The number of hydrogen-bond donors (Lipinski definition) is 2. The lowest BCUT2D eigenvalue weighted by atomic mass is 10.1. The van der Waals surface area contributed by atoms with Crippen LogP contribution in [-0.2, 0) is 13.1 Å². The number of hydrogen-bond acceptors (Lipinski definition) is 5. The van der Waals surface area contributed by atoms with Crippen molar-refractivity contribution in [2.45, 2.75) is 20.0 Å². The number of benzene rings is 1. The molecule has 2 N–H and O–H groups in total. The fraction of sp³-hybridized carbons (Fsp3) is 0.200. The number of carbonyl (C=O) groups excluding carboxylic acids is 1. The second-order valence-corrected chi connectivity index (χ2v) is 6.17. The van der Waals surface area contributed by atoms with Gasteiger partial charge in [0.2, 0.25) is 5.13 Å². The van der Waals surface area contributed by atoms with Crippen LogP contribution in [-0.4, -0.2) is 25.8 Å². The SMILES string of the molecule is Cc1nnc(NC(=O)NCc2cccc(Cn3ccnc3)c2)s1. The van der Waals surface area contributed by atoms with E-state index >= 15 is 0 Å². The van der Waals surface area contributed by atoms with Crippen molar-refractivity contribution in [2.75, 3.05) is 5.32 Å². The van der Waals surface area contributed by atoms with Crippen LogP contribution in [0.3, 0.4) is 0 Å². The molecule has 0 spiro atoms. The monoisotopic (exact) mass is 328 g/mol. The van der Waals surface area contributed by atoms with Gasteiger partial charge in [0.05, 0.1) is 6.33 Å². The highest BCUT2D eigenvalue weighted by molar-refractivity contribution is 7.15. The molecule has 2 amide bonds. The Morgan fingerprint density at radius 2 is 2.17 bits per heavy atom. The number of rotatable bonds is 5. The number of amides is 2. The molecular formula is C15H16N6OS. The van der Waals surface area contributed by atoms with Gasteiger partial charge in [0.25, 0.3) is 0 Å². The third-order valence-corrected chi connectivity index (χ3v) is 3.87. The Kier molecular flexibility index (Phi) is 4.62. The van der Waals surface area contributed by atoms with Gasteiger partial charge in [-0.05, 0) is 18.1 Å². The predicted molar refractivity (Wildman–Crippen MR) is 88.3 cm³/mol. The second-order valence-electron chi connectivity index (χ2n) is 4.99. The van der Waals surface area contributed by atoms with Gasteiger partial charge in [-0.1, -0.05) is 35.6 Å². The van der Waals surface area contributed by atoms with Crippen LogP contribution >= 0.6 is 11.3 Å². The molecule has 0 radical (unpaired) electrons. The first-order chi connectivity index (χ1) is 11.2. The summed E-state index contributed by atoms with van der Waals surface area (Å²) in [5.74, 6) is 0. The summed E-state index contributed by atoms with van der Waals surface area (Å²) in [6, 6.07) is 7.78. The lowest BCUT2D eigenvalue weighted by molar-refractivity contribution is 0.251. The summed E-state index contributed by atoms with van der Waals surface area (Å²) in [4.78, 5) is 15.9. The summed E-state index contributed by atoms with van der Waals surface area (Å²) in [5.41, 5.74) is 2.19. The number of aromatic nitrogens is 4. The zero-order valence-corrected chi connectivity index (χ0v) is 13.4. The van der Waals surface area contributed by atoms with Crippen LogP contribution in [0.4, 0.5) is 9.93 Å². The highest BCUT2D eigenvalue weighted by atomic mass is 32.1. The first kappa shape index (κ1) is 15.2. The molecule has 7 nitrogen and oxygen atoms in total. The summed E-state index contributed by atoms with van der Waals surface area (Å²) in [6.07, 6.45) is 5.45. The van der Waals surface area contributed by atoms with Crippen LogP contribution in [0.1, 0.15) is 16.1 Å². The minimum atomic E-state index is -0.291. The Balaban J connectivity index is 1.54. The van der Waals surface area contributed by atoms with Gasteiger partial charge >= 0.3 is 6.03 Å². The Morgan fingerprint density at radius 1 is 1.30 bits per heavy atom. The van der Waals surface area contributed by atoms with E-state index in [-0.39, 0.29) is 6.03 Å². The fourth-order valence-corrected chi connectivity index (χ4v) is 2.69. The molecule has 0 saturated carbocycles. The molecule has 0 unspecified atom stereocenters. The average Bonchev–Trinajstić information content (AvgIpc) is 3.18. The lowest BCUT2D eigenvalue weighted by Gasteiger charge is -2.08. The summed E-state index contributed by atoms with van der Waals surface area (Å²) in [6.45, 7) is 3.04. The molecule has 0 aliphatic carbocycles. The number of aryl methyl sites for hydroxylation is 1. The van der Waals surface area contributed by atoms with Crippen molar-refractivity contribution < 1.29 is 4.79 Å². The van der Waals surface area contributed by atoms with E-state index in [1.807, 2.05) is 35.9 Å². The third kappa shape index (κ3) is 4.36. The Labute approximate surface area is 137 Å². The van der Waals surface area contributed by atoms with E-state index in [4.69, 9.17) is 0 Å². The van der Waals surface area contributed by atoms with E-state index in [1.54, 1.807) is 12.5 Å². The standard InChI is InChI=1S/C15H16N6OS/c1-11-19-20-15(23-11)18-14(22)17-8-12-3-2-4-13(7-12)9-21-6-5-16-10-21/h2-7,10H,8-9H2,1H3,(H2,17,18,20,22). The van der Waals surface area contributed by atoms with Gasteiger partial charge in [-0.25, -0.2) is 9.78 Å². The highest BCUT2D eigenvalue weighted by Gasteiger charge is 2.06. The summed E-state index contributed by atoms with van der Waals surface area (Å²) in [5, 5.41) is 14.5.